The number of anilines is 1. The van der Waals surface area contributed by atoms with Crippen LogP contribution in [0.5, 0.6) is 0 Å². The molecule has 0 aliphatic heterocycles. The van der Waals surface area contributed by atoms with E-state index in [2.05, 4.69) is 34.9 Å². The average molecular weight is 391 g/mol. The second-order valence-electron chi connectivity index (χ2n) is 7.19. The first kappa shape index (κ1) is 18.4. The van der Waals surface area contributed by atoms with E-state index in [0.717, 1.165) is 12.8 Å². The Kier molecular flexibility index (Phi) is 5.26. The Balaban J connectivity index is 1.42. The van der Waals surface area contributed by atoms with E-state index in [0.29, 0.717) is 22.7 Å². The standard InChI is InChI=1S/C23H22N2O2S/c26-21(24-16-23(12-6-13-23)18-8-2-1-3-9-18)17-7-4-10-19(15-17)25-22(27)20-11-5-14-28-20/h1-5,7-11,14-15H,6,12-13,16H2,(H,24,26)(H,25,27). The molecule has 2 N–H and O–H groups in total. The first-order chi connectivity index (χ1) is 13.7. The second kappa shape index (κ2) is 7.98. The molecule has 1 aromatic heterocycles. The summed E-state index contributed by atoms with van der Waals surface area (Å²) in [4.78, 5) is 25.6. The Morgan fingerprint density at radius 3 is 2.43 bits per heavy atom. The molecule has 0 unspecified atom stereocenters. The van der Waals surface area contributed by atoms with E-state index >= 15 is 0 Å². The van der Waals surface area contributed by atoms with E-state index in [9.17, 15) is 9.59 Å². The third kappa shape index (κ3) is 3.85. The molecule has 1 saturated carbocycles. The molecule has 0 bridgehead atoms. The molecule has 1 heterocycles. The lowest BCUT2D eigenvalue weighted by atomic mass is 9.64. The van der Waals surface area contributed by atoms with Crippen molar-refractivity contribution in [3.63, 3.8) is 0 Å². The van der Waals surface area contributed by atoms with Gasteiger partial charge in [-0.1, -0.05) is 48.9 Å². The highest BCUT2D eigenvalue weighted by Crippen LogP contribution is 2.43. The molecule has 142 valence electrons. The van der Waals surface area contributed by atoms with Gasteiger partial charge < -0.3 is 10.6 Å². The first-order valence-corrected chi connectivity index (χ1v) is 10.3. The Bertz CT molecular complexity index is 963. The second-order valence-corrected chi connectivity index (χ2v) is 8.14. The Morgan fingerprint density at radius 1 is 0.929 bits per heavy atom. The molecule has 1 aliphatic rings. The van der Waals surface area contributed by atoms with Gasteiger partial charge in [0, 0.05) is 23.2 Å². The number of hydrogen-bond donors (Lipinski definition) is 2. The molecule has 4 rings (SSSR count). The van der Waals surface area contributed by atoms with E-state index in [-0.39, 0.29) is 17.2 Å². The molecular weight excluding hydrogens is 368 g/mol. The fourth-order valence-corrected chi connectivity index (χ4v) is 4.27. The number of benzene rings is 2. The van der Waals surface area contributed by atoms with E-state index in [1.54, 1.807) is 30.3 Å². The number of rotatable bonds is 6. The summed E-state index contributed by atoms with van der Waals surface area (Å²) >= 11 is 1.39. The summed E-state index contributed by atoms with van der Waals surface area (Å²) < 4.78 is 0. The van der Waals surface area contributed by atoms with Crippen molar-refractivity contribution in [3.8, 4) is 0 Å². The number of carbonyl (C=O) groups excluding carboxylic acids is 2. The SMILES string of the molecule is O=C(NCC1(c2ccccc2)CCC1)c1cccc(NC(=O)c2cccs2)c1. The van der Waals surface area contributed by atoms with Crippen molar-refractivity contribution in [2.24, 2.45) is 0 Å². The maximum absolute atomic E-state index is 12.7. The van der Waals surface area contributed by atoms with Gasteiger partial charge in [0.25, 0.3) is 11.8 Å². The molecule has 28 heavy (non-hydrogen) atoms. The zero-order chi connectivity index (χ0) is 19.4. The largest absolute Gasteiger partial charge is 0.351 e. The third-order valence-electron chi connectivity index (χ3n) is 5.41. The summed E-state index contributed by atoms with van der Waals surface area (Å²) in [5, 5.41) is 7.81. The topological polar surface area (TPSA) is 58.2 Å². The van der Waals surface area contributed by atoms with Crippen LogP contribution in [0.25, 0.3) is 0 Å². The normalized spacial score (nSPS) is 14.7. The van der Waals surface area contributed by atoms with E-state index in [1.807, 2.05) is 17.5 Å². The van der Waals surface area contributed by atoms with Crippen LogP contribution in [0.2, 0.25) is 0 Å². The van der Waals surface area contributed by atoms with Crippen LogP contribution in [0.15, 0.2) is 72.1 Å². The lowest BCUT2D eigenvalue weighted by molar-refractivity contribution is 0.0927. The van der Waals surface area contributed by atoms with Crippen molar-refractivity contribution in [3.05, 3.63) is 88.1 Å². The molecule has 0 atom stereocenters. The van der Waals surface area contributed by atoms with E-state index in [4.69, 9.17) is 0 Å². The van der Waals surface area contributed by atoms with Crippen LogP contribution in [0, 0.1) is 0 Å². The lowest BCUT2D eigenvalue weighted by Crippen LogP contribution is -2.45. The van der Waals surface area contributed by atoms with E-state index in [1.165, 1.54) is 23.3 Å². The quantitative estimate of drug-likeness (QED) is 0.632. The molecule has 3 aromatic rings. The van der Waals surface area contributed by atoms with Crippen molar-refractivity contribution in [1.82, 2.24) is 5.32 Å². The summed E-state index contributed by atoms with van der Waals surface area (Å²) in [6.07, 6.45) is 3.37. The van der Waals surface area contributed by atoms with Gasteiger partial charge in [-0.2, -0.15) is 0 Å². The number of thiophene rings is 1. The van der Waals surface area contributed by atoms with Gasteiger partial charge in [-0.05, 0) is 48.1 Å². The van der Waals surface area contributed by atoms with Crippen LogP contribution in [-0.4, -0.2) is 18.4 Å². The van der Waals surface area contributed by atoms with Gasteiger partial charge >= 0.3 is 0 Å². The summed E-state index contributed by atoms with van der Waals surface area (Å²) in [6, 6.07) is 21.1. The summed E-state index contributed by atoms with van der Waals surface area (Å²) in [5.74, 6) is -0.278. The van der Waals surface area contributed by atoms with Gasteiger partial charge in [-0.15, -0.1) is 11.3 Å². The minimum absolute atomic E-state index is 0.0436. The summed E-state index contributed by atoms with van der Waals surface area (Å²) in [5.41, 5.74) is 2.50. The molecule has 4 nitrogen and oxygen atoms in total. The molecule has 2 amide bonds. The smallest absolute Gasteiger partial charge is 0.265 e. The maximum Gasteiger partial charge on any atom is 0.265 e. The predicted molar refractivity (Wildman–Crippen MR) is 113 cm³/mol. The van der Waals surface area contributed by atoms with Crippen LogP contribution in [0.4, 0.5) is 5.69 Å². The van der Waals surface area contributed by atoms with Crippen molar-refractivity contribution >= 4 is 28.8 Å². The summed E-state index contributed by atoms with van der Waals surface area (Å²) in [6.45, 7) is 0.627. The zero-order valence-electron chi connectivity index (χ0n) is 15.5. The number of carbonyl (C=O) groups is 2. The van der Waals surface area contributed by atoms with Crippen molar-refractivity contribution < 1.29 is 9.59 Å². The molecular formula is C23H22N2O2S. The Hall–Kier alpha value is -2.92. The highest BCUT2D eigenvalue weighted by Gasteiger charge is 2.38. The molecule has 2 aromatic carbocycles. The Morgan fingerprint density at radius 2 is 1.75 bits per heavy atom. The van der Waals surface area contributed by atoms with Crippen molar-refractivity contribution in [2.45, 2.75) is 24.7 Å². The van der Waals surface area contributed by atoms with Crippen LogP contribution in [-0.2, 0) is 5.41 Å². The highest BCUT2D eigenvalue weighted by molar-refractivity contribution is 7.12. The van der Waals surface area contributed by atoms with Gasteiger partial charge in [-0.3, -0.25) is 9.59 Å². The maximum atomic E-state index is 12.7. The zero-order valence-corrected chi connectivity index (χ0v) is 16.3. The van der Waals surface area contributed by atoms with Gasteiger partial charge in [-0.25, -0.2) is 0 Å². The fourth-order valence-electron chi connectivity index (χ4n) is 3.65. The molecule has 0 saturated heterocycles. The molecule has 5 heteroatoms. The first-order valence-electron chi connectivity index (χ1n) is 9.45. The van der Waals surface area contributed by atoms with Gasteiger partial charge in [0.05, 0.1) is 4.88 Å². The van der Waals surface area contributed by atoms with Gasteiger partial charge in [0.2, 0.25) is 0 Å². The van der Waals surface area contributed by atoms with Crippen LogP contribution >= 0.6 is 11.3 Å². The predicted octanol–water partition coefficient (Wildman–Crippen LogP) is 4.85. The number of amides is 2. The van der Waals surface area contributed by atoms with Crippen molar-refractivity contribution in [1.29, 1.82) is 0 Å². The van der Waals surface area contributed by atoms with Crippen LogP contribution in [0.3, 0.4) is 0 Å². The minimum atomic E-state index is -0.162. The Labute approximate surface area is 168 Å². The van der Waals surface area contributed by atoms with Gasteiger partial charge in [0.1, 0.15) is 0 Å². The molecule has 1 aliphatic carbocycles. The number of hydrogen-bond acceptors (Lipinski definition) is 3. The third-order valence-corrected chi connectivity index (χ3v) is 6.28. The monoisotopic (exact) mass is 390 g/mol. The van der Waals surface area contributed by atoms with E-state index < -0.39 is 0 Å². The minimum Gasteiger partial charge on any atom is -0.351 e. The molecule has 0 spiro atoms. The van der Waals surface area contributed by atoms with Gasteiger partial charge in [0.15, 0.2) is 0 Å². The fraction of sp³-hybridized carbons (Fsp3) is 0.217. The molecule has 0 radical (unpaired) electrons. The number of nitrogens with one attached hydrogen (secondary N) is 2. The average Bonchev–Trinajstić information content (AvgIpc) is 3.23. The van der Waals surface area contributed by atoms with Crippen LogP contribution in [0.1, 0.15) is 44.9 Å². The lowest BCUT2D eigenvalue weighted by Gasteiger charge is -2.42. The summed E-state index contributed by atoms with van der Waals surface area (Å²) in [7, 11) is 0. The van der Waals surface area contributed by atoms with Crippen molar-refractivity contribution in [2.75, 3.05) is 11.9 Å². The highest BCUT2D eigenvalue weighted by atomic mass is 32.1. The van der Waals surface area contributed by atoms with Crippen LogP contribution < -0.4 is 10.6 Å². The molecule has 1 fully saturated rings.